The molecule has 1 aliphatic heterocycles. The number of nitrogens with zero attached hydrogens (tertiary/aromatic N) is 1. The van der Waals surface area contributed by atoms with E-state index in [2.05, 4.69) is 18.7 Å². The Bertz CT molecular complexity index is 424. The molecule has 1 heterocycles. The molecule has 1 aliphatic rings. The molecule has 0 aromatic heterocycles. The molecule has 2 N–H and O–H groups in total. The monoisotopic (exact) mass is 264 g/mol. The maximum atomic E-state index is 5.95. The average molecular weight is 264 g/mol. The van der Waals surface area contributed by atoms with E-state index in [1.54, 1.807) is 0 Å². The fraction of sp³-hybridized carbons (Fsp3) is 0.600. The highest BCUT2D eigenvalue weighted by molar-refractivity contribution is 5.62. The molecule has 4 nitrogen and oxygen atoms in total. The van der Waals surface area contributed by atoms with Gasteiger partial charge in [-0.1, -0.05) is 0 Å². The summed E-state index contributed by atoms with van der Waals surface area (Å²) in [6.45, 7) is 10.0. The van der Waals surface area contributed by atoms with Gasteiger partial charge in [-0.05, 0) is 39.8 Å². The fourth-order valence-corrected chi connectivity index (χ4v) is 2.46. The van der Waals surface area contributed by atoms with Crippen molar-refractivity contribution in [1.82, 2.24) is 0 Å². The van der Waals surface area contributed by atoms with Crippen LogP contribution in [0.25, 0.3) is 0 Å². The largest absolute Gasteiger partial charge is 0.489 e. The smallest absolute Gasteiger partial charge is 0.144 e. The first kappa shape index (κ1) is 14.0. The van der Waals surface area contributed by atoms with Crippen LogP contribution in [0, 0.1) is 0 Å². The van der Waals surface area contributed by atoms with Crippen LogP contribution in [0.3, 0.4) is 0 Å². The minimum Gasteiger partial charge on any atom is -0.489 e. The number of nitrogen functional groups attached to an aromatic ring is 1. The molecule has 0 spiro atoms. The molecule has 1 aromatic carbocycles. The molecule has 1 fully saturated rings. The lowest BCUT2D eigenvalue weighted by Crippen LogP contribution is -2.45. The summed E-state index contributed by atoms with van der Waals surface area (Å²) in [6.07, 6.45) is 0.617. The van der Waals surface area contributed by atoms with E-state index in [-0.39, 0.29) is 18.3 Å². The normalized spacial score (nSPS) is 23.7. The number of hydrogen-bond acceptors (Lipinski definition) is 4. The average Bonchev–Trinajstić information content (AvgIpc) is 2.30. The SMILES string of the molecule is CC(C)Oc1cc(N2CC(C)OC(C)C2)ccc1N. The van der Waals surface area contributed by atoms with Crippen molar-refractivity contribution in [2.24, 2.45) is 0 Å². The van der Waals surface area contributed by atoms with Crippen LogP contribution in [0.2, 0.25) is 0 Å². The van der Waals surface area contributed by atoms with E-state index >= 15 is 0 Å². The summed E-state index contributed by atoms with van der Waals surface area (Å²) in [6, 6.07) is 5.99. The minimum atomic E-state index is 0.125. The van der Waals surface area contributed by atoms with E-state index in [4.69, 9.17) is 15.2 Å². The van der Waals surface area contributed by atoms with E-state index in [1.165, 1.54) is 0 Å². The van der Waals surface area contributed by atoms with E-state index < -0.39 is 0 Å². The number of morpholine rings is 1. The molecule has 106 valence electrons. The lowest BCUT2D eigenvalue weighted by Gasteiger charge is -2.37. The van der Waals surface area contributed by atoms with Gasteiger partial charge in [0.1, 0.15) is 5.75 Å². The summed E-state index contributed by atoms with van der Waals surface area (Å²) < 4.78 is 11.5. The minimum absolute atomic E-state index is 0.125. The van der Waals surface area contributed by atoms with Crippen LogP contribution in [0.4, 0.5) is 11.4 Å². The van der Waals surface area contributed by atoms with E-state index in [9.17, 15) is 0 Å². The Morgan fingerprint density at radius 2 is 1.89 bits per heavy atom. The number of benzene rings is 1. The molecule has 4 heteroatoms. The summed E-state index contributed by atoms with van der Waals surface area (Å²) in [5, 5.41) is 0. The van der Waals surface area contributed by atoms with Crippen LogP contribution >= 0.6 is 0 Å². The van der Waals surface area contributed by atoms with Crippen molar-refractivity contribution in [2.75, 3.05) is 23.7 Å². The maximum Gasteiger partial charge on any atom is 0.144 e. The van der Waals surface area contributed by atoms with Crippen LogP contribution in [0.1, 0.15) is 27.7 Å². The van der Waals surface area contributed by atoms with Crippen molar-refractivity contribution in [2.45, 2.75) is 46.0 Å². The predicted molar refractivity (Wildman–Crippen MR) is 78.8 cm³/mol. The van der Waals surface area contributed by atoms with Gasteiger partial charge >= 0.3 is 0 Å². The predicted octanol–water partition coefficient (Wildman–Crippen LogP) is 2.67. The Hall–Kier alpha value is -1.42. The second kappa shape index (κ2) is 5.70. The highest BCUT2D eigenvalue weighted by Crippen LogP contribution is 2.30. The third-order valence-electron chi connectivity index (χ3n) is 3.14. The quantitative estimate of drug-likeness (QED) is 0.853. The Labute approximate surface area is 115 Å². The zero-order valence-corrected chi connectivity index (χ0v) is 12.2. The van der Waals surface area contributed by atoms with Gasteiger partial charge in [0.2, 0.25) is 0 Å². The van der Waals surface area contributed by atoms with Crippen molar-refractivity contribution in [1.29, 1.82) is 0 Å². The second-order valence-electron chi connectivity index (χ2n) is 5.55. The lowest BCUT2D eigenvalue weighted by atomic mass is 10.2. The Balaban J connectivity index is 2.20. The molecule has 19 heavy (non-hydrogen) atoms. The summed E-state index contributed by atoms with van der Waals surface area (Å²) >= 11 is 0. The van der Waals surface area contributed by atoms with Gasteiger partial charge in [0, 0.05) is 24.8 Å². The molecule has 2 rings (SSSR count). The summed E-state index contributed by atoms with van der Waals surface area (Å²) in [7, 11) is 0. The Kier molecular flexibility index (Phi) is 4.20. The molecule has 0 bridgehead atoms. The fourth-order valence-electron chi connectivity index (χ4n) is 2.46. The molecule has 0 saturated carbocycles. The van der Waals surface area contributed by atoms with Gasteiger partial charge in [0.05, 0.1) is 24.0 Å². The molecular formula is C15H24N2O2. The van der Waals surface area contributed by atoms with Crippen molar-refractivity contribution >= 4 is 11.4 Å². The molecule has 0 radical (unpaired) electrons. The zero-order chi connectivity index (χ0) is 14.0. The van der Waals surface area contributed by atoms with Gasteiger partial charge in [-0.15, -0.1) is 0 Å². The lowest BCUT2D eigenvalue weighted by molar-refractivity contribution is -0.00523. The topological polar surface area (TPSA) is 47.7 Å². The van der Waals surface area contributed by atoms with Gasteiger partial charge in [-0.2, -0.15) is 0 Å². The first-order valence-corrected chi connectivity index (χ1v) is 6.92. The van der Waals surface area contributed by atoms with Gasteiger partial charge in [0.15, 0.2) is 0 Å². The molecular weight excluding hydrogens is 240 g/mol. The first-order valence-electron chi connectivity index (χ1n) is 6.92. The van der Waals surface area contributed by atoms with Gasteiger partial charge in [-0.25, -0.2) is 0 Å². The maximum absolute atomic E-state index is 5.95. The van der Waals surface area contributed by atoms with Crippen molar-refractivity contribution in [3.05, 3.63) is 18.2 Å². The van der Waals surface area contributed by atoms with E-state index in [0.717, 1.165) is 24.5 Å². The van der Waals surface area contributed by atoms with Crippen LogP contribution in [0.15, 0.2) is 18.2 Å². The molecule has 0 aliphatic carbocycles. The Morgan fingerprint density at radius 3 is 2.47 bits per heavy atom. The Morgan fingerprint density at radius 1 is 1.26 bits per heavy atom. The van der Waals surface area contributed by atoms with Gasteiger partial charge in [0.25, 0.3) is 0 Å². The number of anilines is 2. The first-order chi connectivity index (χ1) is 8.95. The van der Waals surface area contributed by atoms with Crippen LogP contribution < -0.4 is 15.4 Å². The van der Waals surface area contributed by atoms with Crippen LogP contribution in [0.5, 0.6) is 5.75 Å². The zero-order valence-electron chi connectivity index (χ0n) is 12.2. The summed E-state index contributed by atoms with van der Waals surface area (Å²) in [5.74, 6) is 0.763. The highest BCUT2D eigenvalue weighted by Gasteiger charge is 2.22. The molecule has 2 unspecified atom stereocenters. The molecule has 1 aromatic rings. The van der Waals surface area contributed by atoms with Crippen molar-refractivity contribution in [3.63, 3.8) is 0 Å². The molecule has 1 saturated heterocycles. The number of hydrogen-bond donors (Lipinski definition) is 1. The van der Waals surface area contributed by atoms with Crippen molar-refractivity contribution in [3.8, 4) is 5.75 Å². The van der Waals surface area contributed by atoms with Gasteiger partial charge in [-0.3, -0.25) is 0 Å². The van der Waals surface area contributed by atoms with Crippen molar-refractivity contribution < 1.29 is 9.47 Å². The number of rotatable bonds is 3. The summed E-state index contributed by atoms with van der Waals surface area (Å²) in [4.78, 5) is 2.32. The summed E-state index contributed by atoms with van der Waals surface area (Å²) in [5.41, 5.74) is 7.79. The molecule has 2 atom stereocenters. The van der Waals surface area contributed by atoms with Crippen LogP contribution in [-0.4, -0.2) is 31.4 Å². The third-order valence-corrected chi connectivity index (χ3v) is 3.14. The molecule has 0 amide bonds. The van der Waals surface area contributed by atoms with Crippen LogP contribution in [-0.2, 0) is 4.74 Å². The van der Waals surface area contributed by atoms with E-state index in [1.807, 2.05) is 32.0 Å². The number of nitrogens with two attached hydrogens (primary N) is 1. The second-order valence-corrected chi connectivity index (χ2v) is 5.55. The third kappa shape index (κ3) is 3.53. The van der Waals surface area contributed by atoms with Gasteiger partial charge < -0.3 is 20.1 Å². The number of ether oxygens (including phenoxy) is 2. The standard InChI is InChI=1S/C15H24N2O2/c1-10(2)18-15-7-13(5-6-14(15)16)17-8-11(3)19-12(4)9-17/h5-7,10-12H,8-9,16H2,1-4H3. The highest BCUT2D eigenvalue weighted by atomic mass is 16.5. The van der Waals surface area contributed by atoms with E-state index in [0.29, 0.717) is 5.69 Å².